The van der Waals surface area contributed by atoms with Crippen LogP contribution < -0.4 is 4.31 Å². The van der Waals surface area contributed by atoms with Crippen LogP contribution in [-0.2, 0) is 10.0 Å². The van der Waals surface area contributed by atoms with Crippen LogP contribution in [0.4, 0.5) is 24.5 Å². The molecule has 0 atom stereocenters. The summed E-state index contributed by atoms with van der Waals surface area (Å²) in [6, 6.07) is 18.6. The van der Waals surface area contributed by atoms with Crippen LogP contribution in [0.2, 0.25) is 0 Å². The van der Waals surface area contributed by atoms with E-state index < -0.39 is 15.5 Å². The number of para-hydroxylation sites is 1. The molecule has 7 heteroatoms. The predicted octanol–water partition coefficient (Wildman–Crippen LogP) is 4.83. The van der Waals surface area contributed by atoms with E-state index in [-0.39, 0.29) is 11.4 Å². The van der Waals surface area contributed by atoms with Gasteiger partial charge in [-0.25, -0.2) is 4.31 Å². The smallest absolute Gasteiger partial charge is 0.231 e. The first-order chi connectivity index (χ1) is 11.3. The van der Waals surface area contributed by atoms with Crippen LogP contribution in [0.5, 0.6) is 0 Å². The molecular weight excluding hydrogens is 339 g/mol. The zero-order chi connectivity index (χ0) is 17.4. The van der Waals surface area contributed by atoms with Crippen molar-refractivity contribution in [2.45, 2.75) is 5.51 Å². The van der Waals surface area contributed by atoms with Gasteiger partial charge in [0.05, 0.1) is 11.4 Å². The molecule has 3 rings (SSSR count). The average molecular weight is 351 g/mol. The summed E-state index contributed by atoms with van der Waals surface area (Å²) in [4.78, 5) is 0. The average Bonchev–Trinajstić information content (AvgIpc) is 2.55. The summed E-state index contributed by atoms with van der Waals surface area (Å²) in [5.74, 6) is 0. The van der Waals surface area contributed by atoms with Crippen molar-refractivity contribution in [2.75, 3.05) is 4.31 Å². The van der Waals surface area contributed by atoms with Crippen molar-refractivity contribution in [3.05, 3.63) is 72.8 Å². The van der Waals surface area contributed by atoms with E-state index in [1.807, 2.05) is 0 Å². The predicted molar refractivity (Wildman–Crippen MR) is 87.5 cm³/mol. The Bertz CT molecular complexity index is 970. The number of alkyl halides is 3. The van der Waals surface area contributed by atoms with Gasteiger partial charge in [0, 0.05) is 0 Å². The highest BCUT2D eigenvalue weighted by molar-refractivity contribution is 7.94. The first-order valence-corrected chi connectivity index (χ1v) is 8.40. The molecule has 0 saturated carbocycles. The number of hydrogen-bond donors (Lipinski definition) is 0. The topological polar surface area (TPSA) is 37.4 Å². The molecule has 3 nitrogen and oxygen atoms in total. The summed E-state index contributed by atoms with van der Waals surface area (Å²) < 4.78 is 63.9. The van der Waals surface area contributed by atoms with Gasteiger partial charge < -0.3 is 0 Å². The molecule has 3 aromatic carbocycles. The normalized spacial score (nSPS) is 12.3. The Kier molecular flexibility index (Phi) is 3.96. The standard InChI is InChI=1S/C17H12F3NO2S/c18-17(19,20)24(22,23)21(15-8-2-1-3-9-15)16-11-10-13-6-4-5-7-14(13)12-16/h1-12H. The van der Waals surface area contributed by atoms with Gasteiger partial charge in [-0.3, -0.25) is 0 Å². The van der Waals surface area contributed by atoms with Gasteiger partial charge in [-0.2, -0.15) is 21.6 Å². The molecule has 0 aliphatic heterocycles. The lowest BCUT2D eigenvalue weighted by molar-refractivity contribution is -0.0435. The van der Waals surface area contributed by atoms with Gasteiger partial charge in [-0.05, 0) is 35.0 Å². The molecule has 24 heavy (non-hydrogen) atoms. The number of halogens is 3. The lowest BCUT2D eigenvalue weighted by Crippen LogP contribution is -2.37. The highest BCUT2D eigenvalue weighted by atomic mass is 32.2. The number of fused-ring (bicyclic) bond motifs is 1. The molecule has 0 heterocycles. The number of nitrogens with zero attached hydrogens (tertiary/aromatic N) is 1. The van der Waals surface area contributed by atoms with E-state index in [1.54, 1.807) is 36.4 Å². The van der Waals surface area contributed by atoms with E-state index >= 15 is 0 Å². The fourth-order valence-corrected chi connectivity index (χ4v) is 3.39. The second-order valence-corrected chi connectivity index (χ2v) is 6.86. The first-order valence-electron chi connectivity index (χ1n) is 6.96. The summed E-state index contributed by atoms with van der Waals surface area (Å²) in [5.41, 5.74) is -5.56. The van der Waals surface area contributed by atoms with Crippen LogP contribution in [-0.4, -0.2) is 13.9 Å². The molecular formula is C17H12F3NO2S. The van der Waals surface area contributed by atoms with Gasteiger partial charge in [-0.1, -0.05) is 48.5 Å². The number of sulfonamides is 1. The minimum absolute atomic E-state index is 0.0720. The molecule has 124 valence electrons. The van der Waals surface area contributed by atoms with E-state index in [0.717, 1.165) is 5.39 Å². The maximum absolute atomic E-state index is 13.1. The Morgan fingerprint density at radius 1 is 0.708 bits per heavy atom. The van der Waals surface area contributed by atoms with E-state index in [1.165, 1.54) is 36.4 Å². The van der Waals surface area contributed by atoms with Gasteiger partial charge >= 0.3 is 15.5 Å². The lowest BCUT2D eigenvalue weighted by Gasteiger charge is -2.25. The molecule has 0 amide bonds. The summed E-state index contributed by atoms with van der Waals surface area (Å²) in [6.45, 7) is 0. The first kappa shape index (κ1) is 16.3. The minimum atomic E-state index is -5.58. The maximum atomic E-state index is 13.1. The molecule has 0 aromatic heterocycles. The Morgan fingerprint density at radius 3 is 1.92 bits per heavy atom. The lowest BCUT2D eigenvalue weighted by atomic mass is 10.1. The van der Waals surface area contributed by atoms with Crippen molar-refractivity contribution in [3.8, 4) is 0 Å². The third-order valence-corrected chi connectivity index (χ3v) is 4.98. The van der Waals surface area contributed by atoms with Crippen LogP contribution in [0.3, 0.4) is 0 Å². The summed E-state index contributed by atoms with van der Waals surface area (Å²) in [5, 5.41) is 1.45. The maximum Gasteiger partial charge on any atom is 0.517 e. The zero-order valence-corrected chi connectivity index (χ0v) is 13.1. The van der Waals surface area contributed by atoms with Crippen molar-refractivity contribution in [1.82, 2.24) is 0 Å². The largest absolute Gasteiger partial charge is 0.517 e. The number of rotatable bonds is 3. The summed E-state index contributed by atoms with van der Waals surface area (Å²) in [7, 11) is -5.58. The van der Waals surface area contributed by atoms with E-state index in [2.05, 4.69) is 0 Å². The van der Waals surface area contributed by atoms with Crippen molar-refractivity contribution < 1.29 is 21.6 Å². The summed E-state index contributed by atoms with van der Waals surface area (Å²) in [6.07, 6.45) is 0. The van der Waals surface area contributed by atoms with E-state index in [4.69, 9.17) is 0 Å². The van der Waals surface area contributed by atoms with Gasteiger partial charge in [0.15, 0.2) is 0 Å². The van der Waals surface area contributed by atoms with Gasteiger partial charge in [-0.15, -0.1) is 0 Å². The van der Waals surface area contributed by atoms with Gasteiger partial charge in [0.25, 0.3) is 0 Å². The molecule has 0 fully saturated rings. The van der Waals surface area contributed by atoms with E-state index in [0.29, 0.717) is 9.69 Å². The number of hydrogen-bond acceptors (Lipinski definition) is 2. The molecule has 0 radical (unpaired) electrons. The zero-order valence-electron chi connectivity index (χ0n) is 12.2. The SMILES string of the molecule is O=S(=O)(N(c1ccccc1)c1ccc2ccccc2c1)C(F)(F)F. The van der Waals surface area contributed by atoms with Crippen LogP contribution in [0, 0.1) is 0 Å². The van der Waals surface area contributed by atoms with Crippen molar-refractivity contribution >= 4 is 32.2 Å². The monoisotopic (exact) mass is 351 g/mol. The Hall–Kier alpha value is -2.54. The molecule has 0 spiro atoms. The highest BCUT2D eigenvalue weighted by Crippen LogP contribution is 2.37. The van der Waals surface area contributed by atoms with Crippen molar-refractivity contribution in [3.63, 3.8) is 0 Å². The molecule has 3 aromatic rings. The molecule has 0 aliphatic carbocycles. The fourth-order valence-electron chi connectivity index (χ4n) is 2.40. The van der Waals surface area contributed by atoms with Gasteiger partial charge in [0.1, 0.15) is 0 Å². The molecule has 0 saturated heterocycles. The van der Waals surface area contributed by atoms with Crippen LogP contribution in [0.1, 0.15) is 0 Å². The second kappa shape index (κ2) is 5.83. The highest BCUT2D eigenvalue weighted by Gasteiger charge is 2.50. The third-order valence-electron chi connectivity index (χ3n) is 3.49. The number of benzene rings is 3. The molecule has 0 N–H and O–H groups in total. The Morgan fingerprint density at radius 2 is 1.29 bits per heavy atom. The number of anilines is 2. The molecule has 0 bridgehead atoms. The quantitative estimate of drug-likeness (QED) is 0.678. The fraction of sp³-hybridized carbons (Fsp3) is 0.0588. The van der Waals surface area contributed by atoms with E-state index in [9.17, 15) is 21.6 Å². The minimum Gasteiger partial charge on any atom is -0.231 e. The molecule has 0 unspecified atom stereocenters. The van der Waals surface area contributed by atoms with Gasteiger partial charge in [0.2, 0.25) is 0 Å². The van der Waals surface area contributed by atoms with Crippen molar-refractivity contribution in [2.24, 2.45) is 0 Å². The third kappa shape index (κ3) is 2.82. The Labute approximate surface area is 137 Å². The molecule has 0 aliphatic rings. The van der Waals surface area contributed by atoms with Crippen LogP contribution in [0.15, 0.2) is 72.8 Å². The van der Waals surface area contributed by atoms with Crippen LogP contribution in [0.25, 0.3) is 10.8 Å². The van der Waals surface area contributed by atoms with Crippen molar-refractivity contribution in [1.29, 1.82) is 0 Å². The van der Waals surface area contributed by atoms with Crippen LogP contribution >= 0.6 is 0 Å². The second-order valence-electron chi connectivity index (χ2n) is 5.08. The summed E-state index contributed by atoms with van der Waals surface area (Å²) >= 11 is 0. The Balaban J connectivity index is 2.24.